The molecule has 0 nitrogen and oxygen atoms in total. The summed E-state index contributed by atoms with van der Waals surface area (Å²) in [5.41, 5.74) is 1.29. The van der Waals surface area contributed by atoms with Crippen LogP contribution in [-0.4, -0.2) is 20.9 Å². The van der Waals surface area contributed by atoms with Crippen molar-refractivity contribution in [3.63, 3.8) is 0 Å². The molecule has 74 valence electrons. The number of rotatable bonds is 3. The maximum atomic E-state index is 2.33. The molecule has 15 heavy (non-hydrogen) atoms. The van der Waals surface area contributed by atoms with Crippen LogP contribution < -0.4 is 3.61 Å². The summed E-state index contributed by atoms with van der Waals surface area (Å²) in [5.74, 6) is 0. The Morgan fingerprint density at radius 2 is 1.33 bits per heavy atom. The van der Waals surface area contributed by atoms with E-state index in [1.807, 2.05) is 6.07 Å². The first-order valence-corrected chi connectivity index (χ1v) is 7.39. The van der Waals surface area contributed by atoms with Crippen molar-refractivity contribution in [2.75, 3.05) is 0 Å². The van der Waals surface area contributed by atoms with E-state index in [4.69, 9.17) is 0 Å². The molecule has 0 aliphatic carbocycles. The van der Waals surface area contributed by atoms with Crippen LogP contribution in [0.25, 0.3) is 6.08 Å². The van der Waals surface area contributed by atoms with Gasteiger partial charge in [0.05, 0.1) is 0 Å². The topological polar surface area (TPSA) is 0 Å². The Labute approximate surface area is 101 Å². The minimum atomic E-state index is -0.157. The number of benzene rings is 2. The summed E-state index contributed by atoms with van der Waals surface area (Å²) in [5, 5.41) is 0. The van der Waals surface area contributed by atoms with Crippen molar-refractivity contribution in [1.82, 2.24) is 0 Å². The fourth-order valence-corrected chi connectivity index (χ4v) is 3.24. The van der Waals surface area contributed by atoms with Gasteiger partial charge in [0.1, 0.15) is 0 Å². The molecule has 0 heterocycles. The summed E-state index contributed by atoms with van der Waals surface area (Å²) in [4.78, 5) is 0. The van der Waals surface area contributed by atoms with Gasteiger partial charge in [-0.25, -0.2) is 0 Å². The SMILES string of the molecule is C(=C/c1ccccc1)/[Te]c1ccccc1. The summed E-state index contributed by atoms with van der Waals surface area (Å²) < 4.78 is 3.81. The normalized spacial score (nSPS) is 10.7. The zero-order chi connectivity index (χ0) is 10.3. The van der Waals surface area contributed by atoms with E-state index in [2.05, 4.69) is 64.8 Å². The molecule has 0 saturated heterocycles. The molecule has 0 atom stereocenters. The van der Waals surface area contributed by atoms with Gasteiger partial charge in [0.15, 0.2) is 0 Å². The van der Waals surface area contributed by atoms with Gasteiger partial charge in [-0.2, -0.15) is 0 Å². The average molecular weight is 308 g/mol. The van der Waals surface area contributed by atoms with Crippen LogP contribution in [-0.2, 0) is 0 Å². The Kier molecular flexibility index (Phi) is 4.02. The molecule has 0 aliphatic rings. The summed E-state index contributed by atoms with van der Waals surface area (Å²) in [7, 11) is 0. The van der Waals surface area contributed by atoms with Crippen LogP contribution in [0, 0.1) is 0 Å². The Hall–Kier alpha value is -1.03. The van der Waals surface area contributed by atoms with Gasteiger partial charge in [-0.3, -0.25) is 0 Å². The standard InChI is InChI=1S/C14H12Te/c1-3-7-13(8-4-1)11-12-15-14-9-5-2-6-10-14/h1-12H/b12-11-. The van der Waals surface area contributed by atoms with E-state index in [1.165, 1.54) is 9.17 Å². The quantitative estimate of drug-likeness (QED) is 0.765. The molecule has 0 aromatic heterocycles. The minimum absolute atomic E-state index is 0.157. The van der Waals surface area contributed by atoms with E-state index in [1.54, 1.807) is 0 Å². The molecule has 0 bridgehead atoms. The third-order valence-electron chi connectivity index (χ3n) is 2.01. The molecular formula is C14H12Te. The van der Waals surface area contributed by atoms with Crippen molar-refractivity contribution in [1.29, 1.82) is 0 Å². The Bertz CT molecular complexity index is 418. The maximum absolute atomic E-state index is 2.33. The summed E-state index contributed by atoms with van der Waals surface area (Å²) in [6.45, 7) is 0. The predicted octanol–water partition coefficient (Wildman–Crippen LogP) is 2.69. The van der Waals surface area contributed by atoms with Crippen LogP contribution in [0.4, 0.5) is 0 Å². The van der Waals surface area contributed by atoms with Crippen molar-refractivity contribution >= 4 is 30.6 Å². The first-order valence-electron chi connectivity index (χ1n) is 4.88. The number of hydrogen-bond donors (Lipinski definition) is 0. The van der Waals surface area contributed by atoms with Crippen LogP contribution in [0.15, 0.2) is 64.8 Å². The fourth-order valence-electron chi connectivity index (χ4n) is 1.25. The molecule has 0 spiro atoms. The molecule has 2 aromatic carbocycles. The first-order chi connectivity index (χ1) is 7.45. The molecule has 2 rings (SSSR count). The molecule has 0 N–H and O–H groups in total. The van der Waals surface area contributed by atoms with E-state index in [-0.39, 0.29) is 20.9 Å². The van der Waals surface area contributed by atoms with Gasteiger partial charge < -0.3 is 0 Å². The fraction of sp³-hybridized carbons (Fsp3) is 0. The van der Waals surface area contributed by atoms with Crippen LogP contribution >= 0.6 is 0 Å². The van der Waals surface area contributed by atoms with Crippen molar-refractivity contribution in [2.24, 2.45) is 0 Å². The van der Waals surface area contributed by atoms with Gasteiger partial charge in [0.25, 0.3) is 0 Å². The van der Waals surface area contributed by atoms with E-state index >= 15 is 0 Å². The van der Waals surface area contributed by atoms with Gasteiger partial charge in [-0.05, 0) is 0 Å². The second-order valence-corrected chi connectivity index (χ2v) is 5.94. The van der Waals surface area contributed by atoms with Gasteiger partial charge in [-0.1, -0.05) is 0 Å². The van der Waals surface area contributed by atoms with E-state index < -0.39 is 0 Å². The van der Waals surface area contributed by atoms with Crippen LogP contribution in [0.1, 0.15) is 5.56 Å². The molecule has 0 aliphatic heterocycles. The van der Waals surface area contributed by atoms with E-state index in [0.29, 0.717) is 0 Å². The summed E-state index contributed by atoms with van der Waals surface area (Å²) in [6, 6.07) is 21.2. The molecule has 0 unspecified atom stereocenters. The Balaban J connectivity index is 1.97. The van der Waals surface area contributed by atoms with Gasteiger partial charge in [0, 0.05) is 0 Å². The third-order valence-corrected chi connectivity index (χ3v) is 4.34. The van der Waals surface area contributed by atoms with Crippen LogP contribution in [0.5, 0.6) is 0 Å². The zero-order valence-electron chi connectivity index (χ0n) is 8.34. The predicted molar refractivity (Wildman–Crippen MR) is 67.3 cm³/mol. The van der Waals surface area contributed by atoms with Crippen LogP contribution in [0.3, 0.4) is 0 Å². The first kappa shape index (κ1) is 10.5. The Morgan fingerprint density at radius 3 is 2.00 bits per heavy atom. The average Bonchev–Trinajstić information content (AvgIpc) is 2.32. The second kappa shape index (κ2) is 5.75. The van der Waals surface area contributed by atoms with Gasteiger partial charge in [-0.15, -0.1) is 0 Å². The molecule has 2 aromatic rings. The molecular weight excluding hydrogens is 296 g/mol. The molecule has 0 fully saturated rings. The van der Waals surface area contributed by atoms with Gasteiger partial charge >= 0.3 is 101 Å². The Morgan fingerprint density at radius 1 is 0.733 bits per heavy atom. The molecule has 0 radical (unpaired) electrons. The van der Waals surface area contributed by atoms with Crippen molar-refractivity contribution in [3.8, 4) is 0 Å². The zero-order valence-corrected chi connectivity index (χ0v) is 10.7. The molecule has 0 amide bonds. The van der Waals surface area contributed by atoms with Crippen molar-refractivity contribution in [3.05, 3.63) is 70.4 Å². The summed E-state index contributed by atoms with van der Waals surface area (Å²) >= 11 is -0.157. The molecule has 1 heteroatoms. The van der Waals surface area contributed by atoms with Crippen molar-refractivity contribution in [2.45, 2.75) is 0 Å². The second-order valence-electron chi connectivity index (χ2n) is 3.14. The monoisotopic (exact) mass is 310 g/mol. The third kappa shape index (κ3) is 3.55. The summed E-state index contributed by atoms with van der Waals surface area (Å²) in [6.07, 6.45) is 2.22. The van der Waals surface area contributed by atoms with Crippen molar-refractivity contribution < 1.29 is 0 Å². The van der Waals surface area contributed by atoms with Crippen LogP contribution in [0.2, 0.25) is 0 Å². The number of hydrogen-bond acceptors (Lipinski definition) is 0. The van der Waals surface area contributed by atoms with E-state index in [0.717, 1.165) is 0 Å². The van der Waals surface area contributed by atoms with Gasteiger partial charge in [0.2, 0.25) is 0 Å². The molecule has 0 saturated carbocycles. The van der Waals surface area contributed by atoms with E-state index in [9.17, 15) is 0 Å².